The molecule has 1 aromatic heterocycles. The summed E-state index contributed by atoms with van der Waals surface area (Å²) in [6.07, 6.45) is 5.64. The minimum Gasteiger partial charge on any atom is -0.350 e. The van der Waals surface area contributed by atoms with Crippen molar-refractivity contribution >= 4 is 11.5 Å². The SMILES string of the molecule is CC(C)c1ccc(/C(=C\[C@H]2CCC(=O)N2)c2ccc(C3CC3)c(=O)[nH]2)cc1. The van der Waals surface area contributed by atoms with Gasteiger partial charge in [0, 0.05) is 29.3 Å². The summed E-state index contributed by atoms with van der Waals surface area (Å²) in [5, 5.41) is 3.00. The molecule has 2 heterocycles. The zero-order valence-corrected chi connectivity index (χ0v) is 15.9. The number of H-pyrrole nitrogens is 1. The number of nitrogens with one attached hydrogen (secondary N) is 2. The third kappa shape index (κ3) is 3.90. The van der Waals surface area contributed by atoms with Crippen molar-refractivity contribution in [1.29, 1.82) is 0 Å². The molecule has 1 atom stereocenters. The van der Waals surface area contributed by atoms with Crippen molar-refractivity contribution in [1.82, 2.24) is 10.3 Å². The van der Waals surface area contributed by atoms with Crippen LogP contribution in [0.25, 0.3) is 5.57 Å². The van der Waals surface area contributed by atoms with E-state index in [9.17, 15) is 9.59 Å². The van der Waals surface area contributed by atoms with E-state index in [1.165, 1.54) is 5.56 Å². The van der Waals surface area contributed by atoms with Crippen molar-refractivity contribution in [3.63, 3.8) is 0 Å². The Morgan fingerprint density at radius 1 is 1.04 bits per heavy atom. The molecular weight excluding hydrogens is 336 g/mol. The molecule has 1 saturated heterocycles. The summed E-state index contributed by atoms with van der Waals surface area (Å²) >= 11 is 0. The van der Waals surface area contributed by atoms with Gasteiger partial charge in [-0.25, -0.2) is 0 Å². The van der Waals surface area contributed by atoms with Crippen LogP contribution in [0, 0.1) is 0 Å². The number of benzene rings is 1. The number of rotatable bonds is 5. The minimum atomic E-state index is 0.00360. The van der Waals surface area contributed by atoms with Crippen LogP contribution in [-0.4, -0.2) is 16.9 Å². The maximum absolute atomic E-state index is 12.5. The molecule has 2 aliphatic rings. The number of hydrogen-bond acceptors (Lipinski definition) is 2. The predicted octanol–water partition coefficient (Wildman–Crippen LogP) is 4.09. The molecule has 0 spiro atoms. The molecule has 2 N–H and O–H groups in total. The molecule has 1 amide bonds. The fourth-order valence-electron chi connectivity index (χ4n) is 3.71. The quantitative estimate of drug-likeness (QED) is 0.842. The molecule has 1 aliphatic carbocycles. The average Bonchev–Trinajstić information content (AvgIpc) is 3.41. The third-order valence-electron chi connectivity index (χ3n) is 5.53. The second kappa shape index (κ2) is 7.18. The Labute approximate surface area is 159 Å². The van der Waals surface area contributed by atoms with Crippen molar-refractivity contribution in [2.75, 3.05) is 0 Å². The number of hydrogen-bond donors (Lipinski definition) is 2. The molecule has 1 saturated carbocycles. The summed E-state index contributed by atoms with van der Waals surface area (Å²) in [6.45, 7) is 4.35. The van der Waals surface area contributed by atoms with E-state index in [0.29, 0.717) is 18.3 Å². The van der Waals surface area contributed by atoms with Crippen molar-refractivity contribution < 1.29 is 4.79 Å². The normalized spacial score (nSPS) is 20.2. The van der Waals surface area contributed by atoms with Crippen LogP contribution in [0.3, 0.4) is 0 Å². The summed E-state index contributed by atoms with van der Waals surface area (Å²) in [4.78, 5) is 27.2. The molecule has 2 fully saturated rings. The molecule has 4 heteroatoms. The Kier molecular flexibility index (Phi) is 4.73. The fourth-order valence-corrected chi connectivity index (χ4v) is 3.71. The molecule has 140 valence electrons. The van der Waals surface area contributed by atoms with Crippen LogP contribution < -0.4 is 10.9 Å². The summed E-state index contributed by atoms with van der Waals surface area (Å²) in [7, 11) is 0. The Morgan fingerprint density at radius 3 is 2.33 bits per heavy atom. The van der Waals surface area contributed by atoms with Gasteiger partial charge in [-0.05, 0) is 48.3 Å². The van der Waals surface area contributed by atoms with Crippen LogP contribution in [0.15, 0.2) is 47.3 Å². The molecule has 0 bridgehead atoms. The number of carbonyl (C=O) groups excluding carboxylic acids is 1. The van der Waals surface area contributed by atoms with Crippen LogP contribution >= 0.6 is 0 Å². The fraction of sp³-hybridized carbons (Fsp3) is 0.391. The molecule has 1 aromatic carbocycles. The first-order valence-corrected chi connectivity index (χ1v) is 9.86. The molecule has 0 unspecified atom stereocenters. The van der Waals surface area contributed by atoms with Gasteiger partial charge in [-0.1, -0.05) is 50.3 Å². The van der Waals surface area contributed by atoms with E-state index in [-0.39, 0.29) is 17.5 Å². The number of carbonyl (C=O) groups is 1. The zero-order chi connectivity index (χ0) is 19.0. The van der Waals surface area contributed by atoms with Gasteiger partial charge in [-0.15, -0.1) is 0 Å². The maximum Gasteiger partial charge on any atom is 0.251 e. The van der Waals surface area contributed by atoms with Gasteiger partial charge in [0.1, 0.15) is 0 Å². The van der Waals surface area contributed by atoms with E-state index in [0.717, 1.165) is 41.7 Å². The first kappa shape index (κ1) is 17.8. The largest absolute Gasteiger partial charge is 0.350 e. The average molecular weight is 362 g/mol. The number of aromatic nitrogens is 1. The number of aromatic amines is 1. The summed E-state index contributed by atoms with van der Waals surface area (Å²) in [5.41, 5.74) is 5.01. The van der Waals surface area contributed by atoms with Crippen molar-refractivity contribution in [3.05, 3.63) is 75.2 Å². The van der Waals surface area contributed by atoms with Gasteiger partial charge in [0.25, 0.3) is 5.56 Å². The van der Waals surface area contributed by atoms with E-state index < -0.39 is 0 Å². The van der Waals surface area contributed by atoms with Crippen LogP contribution in [0.1, 0.15) is 73.8 Å². The molecular formula is C23H26N2O2. The van der Waals surface area contributed by atoms with Gasteiger partial charge in [0.05, 0.1) is 0 Å². The Bertz CT molecular complexity index is 934. The summed E-state index contributed by atoms with van der Waals surface area (Å²) in [6, 6.07) is 12.5. The van der Waals surface area contributed by atoms with Crippen molar-refractivity contribution in [2.45, 2.75) is 57.4 Å². The van der Waals surface area contributed by atoms with Crippen LogP contribution in [-0.2, 0) is 4.79 Å². The Hall–Kier alpha value is -2.62. The van der Waals surface area contributed by atoms with E-state index >= 15 is 0 Å². The van der Waals surface area contributed by atoms with Crippen molar-refractivity contribution in [2.24, 2.45) is 0 Å². The smallest absolute Gasteiger partial charge is 0.251 e. The monoisotopic (exact) mass is 362 g/mol. The molecule has 4 rings (SSSR count). The lowest BCUT2D eigenvalue weighted by molar-refractivity contribution is -0.119. The highest BCUT2D eigenvalue weighted by molar-refractivity contribution is 5.82. The lowest BCUT2D eigenvalue weighted by atomic mass is 9.95. The lowest BCUT2D eigenvalue weighted by Crippen LogP contribution is -2.23. The molecule has 4 nitrogen and oxygen atoms in total. The van der Waals surface area contributed by atoms with Gasteiger partial charge in [-0.2, -0.15) is 0 Å². The van der Waals surface area contributed by atoms with Crippen LogP contribution in [0.4, 0.5) is 0 Å². The Balaban J connectivity index is 1.73. The van der Waals surface area contributed by atoms with Crippen LogP contribution in [0.2, 0.25) is 0 Å². The molecule has 1 aliphatic heterocycles. The molecule has 27 heavy (non-hydrogen) atoms. The minimum absolute atomic E-state index is 0.00360. The first-order valence-electron chi connectivity index (χ1n) is 9.86. The van der Waals surface area contributed by atoms with Gasteiger partial charge < -0.3 is 10.3 Å². The maximum atomic E-state index is 12.5. The highest BCUT2D eigenvalue weighted by Crippen LogP contribution is 2.38. The van der Waals surface area contributed by atoms with Gasteiger partial charge in [-0.3, -0.25) is 9.59 Å². The molecule has 2 aromatic rings. The number of pyridine rings is 1. The van der Waals surface area contributed by atoms with Crippen molar-refractivity contribution in [3.8, 4) is 0 Å². The van der Waals surface area contributed by atoms with E-state index in [1.807, 2.05) is 12.1 Å². The zero-order valence-electron chi connectivity index (χ0n) is 15.9. The van der Waals surface area contributed by atoms with E-state index in [1.54, 1.807) is 0 Å². The summed E-state index contributed by atoms with van der Waals surface area (Å²) < 4.78 is 0. The summed E-state index contributed by atoms with van der Waals surface area (Å²) in [5.74, 6) is 0.983. The second-order valence-corrected chi connectivity index (χ2v) is 8.00. The second-order valence-electron chi connectivity index (χ2n) is 8.00. The molecule has 0 radical (unpaired) electrons. The number of amides is 1. The highest BCUT2D eigenvalue weighted by atomic mass is 16.2. The first-order chi connectivity index (χ1) is 13.0. The van der Waals surface area contributed by atoms with Gasteiger partial charge in [0.15, 0.2) is 0 Å². The van der Waals surface area contributed by atoms with Gasteiger partial charge in [0.2, 0.25) is 5.91 Å². The Morgan fingerprint density at radius 2 is 1.78 bits per heavy atom. The standard InChI is InChI=1S/C23H26N2O2/c1-14(2)15-3-5-17(6-4-15)20(13-18-9-12-22(26)24-18)21-11-10-19(16-7-8-16)23(27)25-21/h3-6,10-11,13-14,16,18H,7-9,12H2,1-2H3,(H,24,26)(H,25,27)/b20-13+/t18-/m1/s1. The van der Waals surface area contributed by atoms with E-state index in [2.05, 4.69) is 54.5 Å². The van der Waals surface area contributed by atoms with E-state index in [4.69, 9.17) is 0 Å². The topological polar surface area (TPSA) is 62.0 Å². The lowest BCUT2D eigenvalue weighted by Gasteiger charge is -2.14. The third-order valence-corrected chi connectivity index (χ3v) is 5.53. The highest BCUT2D eigenvalue weighted by Gasteiger charge is 2.26. The van der Waals surface area contributed by atoms with Gasteiger partial charge >= 0.3 is 0 Å². The predicted molar refractivity (Wildman–Crippen MR) is 108 cm³/mol. The van der Waals surface area contributed by atoms with Crippen LogP contribution in [0.5, 0.6) is 0 Å².